The number of hydrogen-bond donors (Lipinski definition) is 2. The van der Waals surface area contributed by atoms with Gasteiger partial charge in [-0.05, 0) is 12.1 Å². The zero-order chi connectivity index (χ0) is 16.2. The molecule has 0 atom stereocenters. The topological polar surface area (TPSA) is 83.5 Å². The molecule has 7 heteroatoms. The third kappa shape index (κ3) is 3.46. The number of imidazole rings is 1. The highest BCUT2D eigenvalue weighted by Crippen LogP contribution is 2.13. The lowest BCUT2D eigenvalue weighted by molar-refractivity contribution is -0.137. The van der Waals surface area contributed by atoms with Crippen LogP contribution in [-0.2, 0) is 22.6 Å². The van der Waals surface area contributed by atoms with Gasteiger partial charge in [-0.25, -0.2) is 0 Å². The fraction of sp³-hybridized carbons (Fsp3) is 0.500. The van der Waals surface area contributed by atoms with Crippen molar-refractivity contribution in [2.45, 2.75) is 19.5 Å². The van der Waals surface area contributed by atoms with Crippen molar-refractivity contribution < 1.29 is 14.6 Å². The number of aryl methyl sites for hydroxylation is 1. The van der Waals surface area contributed by atoms with E-state index in [2.05, 4.69) is 4.90 Å². The molecule has 2 aromatic rings. The number of carboxylic acids is 1. The molecule has 1 aromatic heterocycles. The Balaban J connectivity index is 1.85. The Hall–Kier alpha value is -2.12. The van der Waals surface area contributed by atoms with Crippen molar-refractivity contribution in [1.82, 2.24) is 14.0 Å². The quantitative estimate of drug-likeness (QED) is 0.822. The van der Waals surface area contributed by atoms with Crippen LogP contribution in [0.4, 0.5) is 0 Å². The van der Waals surface area contributed by atoms with Crippen LogP contribution in [0.5, 0.6) is 0 Å². The first-order valence-corrected chi connectivity index (χ1v) is 7.91. The van der Waals surface area contributed by atoms with E-state index >= 15 is 0 Å². The average Bonchev–Trinajstić information content (AvgIpc) is 2.83. The van der Waals surface area contributed by atoms with E-state index in [1.54, 1.807) is 4.57 Å². The van der Waals surface area contributed by atoms with Gasteiger partial charge in [0, 0.05) is 32.7 Å². The number of carboxylic acid groups (broad SMARTS) is 1. The number of aromatic nitrogens is 2. The van der Waals surface area contributed by atoms with Crippen LogP contribution in [0.2, 0.25) is 0 Å². The smallest absolute Gasteiger partial charge is 0.305 e. The number of morpholine rings is 1. The third-order valence-corrected chi connectivity index (χ3v) is 4.27. The van der Waals surface area contributed by atoms with Gasteiger partial charge in [-0.2, -0.15) is 0 Å². The van der Waals surface area contributed by atoms with E-state index in [4.69, 9.17) is 15.3 Å². The summed E-state index contributed by atoms with van der Waals surface area (Å²) in [6, 6.07) is 7.81. The number of nitrogens with one attached hydrogen (secondary N) is 1. The van der Waals surface area contributed by atoms with Crippen LogP contribution >= 0.6 is 0 Å². The van der Waals surface area contributed by atoms with Gasteiger partial charge in [-0.3, -0.25) is 15.1 Å². The summed E-state index contributed by atoms with van der Waals surface area (Å²) >= 11 is 0. The highest BCUT2D eigenvalue weighted by molar-refractivity contribution is 5.76. The van der Waals surface area contributed by atoms with E-state index in [1.165, 1.54) is 0 Å². The second-order valence-corrected chi connectivity index (χ2v) is 5.71. The first-order chi connectivity index (χ1) is 11.2. The molecule has 0 amide bonds. The van der Waals surface area contributed by atoms with E-state index < -0.39 is 5.97 Å². The Bertz CT molecular complexity index is 743. The minimum Gasteiger partial charge on any atom is -0.481 e. The van der Waals surface area contributed by atoms with Crippen molar-refractivity contribution in [2.75, 3.05) is 32.8 Å². The molecule has 1 aliphatic heterocycles. The molecule has 1 aromatic carbocycles. The number of carbonyl (C=O) groups is 1. The minimum absolute atomic E-state index is 0.0218. The van der Waals surface area contributed by atoms with Crippen LogP contribution in [0.1, 0.15) is 6.42 Å². The highest BCUT2D eigenvalue weighted by Gasteiger charge is 2.14. The van der Waals surface area contributed by atoms with E-state index in [-0.39, 0.29) is 6.42 Å². The van der Waals surface area contributed by atoms with Gasteiger partial charge in [0.1, 0.15) is 0 Å². The standard InChI is InChI=1S/C16H22N4O3/c17-16-19(6-5-15(21)22)13-3-1-2-4-14(13)20(16)8-7-18-9-11-23-12-10-18/h1-4,17H,5-12H2,(H,21,22). The molecule has 124 valence electrons. The lowest BCUT2D eigenvalue weighted by atomic mass is 10.3. The van der Waals surface area contributed by atoms with Crippen molar-refractivity contribution in [3.05, 3.63) is 29.9 Å². The lowest BCUT2D eigenvalue weighted by Gasteiger charge is -2.26. The lowest BCUT2D eigenvalue weighted by Crippen LogP contribution is -2.39. The minimum atomic E-state index is -0.845. The Morgan fingerprint density at radius 3 is 2.30 bits per heavy atom. The van der Waals surface area contributed by atoms with Gasteiger partial charge >= 0.3 is 5.97 Å². The molecule has 0 spiro atoms. The van der Waals surface area contributed by atoms with Crippen LogP contribution in [0.3, 0.4) is 0 Å². The van der Waals surface area contributed by atoms with Gasteiger partial charge in [0.2, 0.25) is 5.62 Å². The van der Waals surface area contributed by atoms with Crippen molar-refractivity contribution in [3.63, 3.8) is 0 Å². The summed E-state index contributed by atoms with van der Waals surface area (Å²) < 4.78 is 9.10. The van der Waals surface area contributed by atoms with Crippen molar-refractivity contribution in [2.24, 2.45) is 0 Å². The number of aliphatic carboxylic acids is 1. The number of benzene rings is 1. The molecule has 2 N–H and O–H groups in total. The van der Waals surface area contributed by atoms with Crippen molar-refractivity contribution >= 4 is 17.0 Å². The van der Waals surface area contributed by atoms with Crippen LogP contribution in [0, 0.1) is 5.41 Å². The summed E-state index contributed by atoms with van der Waals surface area (Å²) in [5, 5.41) is 17.3. The molecule has 1 saturated heterocycles. The van der Waals surface area contributed by atoms with Crippen LogP contribution in [0.25, 0.3) is 11.0 Å². The maximum absolute atomic E-state index is 10.9. The number of para-hydroxylation sites is 2. The molecular weight excluding hydrogens is 296 g/mol. The largest absolute Gasteiger partial charge is 0.481 e. The normalized spacial score (nSPS) is 16.0. The van der Waals surface area contributed by atoms with Crippen LogP contribution < -0.4 is 5.62 Å². The Kier molecular flexibility index (Phi) is 4.78. The molecule has 7 nitrogen and oxygen atoms in total. The molecule has 0 aliphatic carbocycles. The van der Waals surface area contributed by atoms with Gasteiger partial charge in [0.05, 0.1) is 30.7 Å². The number of ether oxygens (including phenoxy) is 1. The van der Waals surface area contributed by atoms with Gasteiger partial charge < -0.3 is 19.0 Å². The second kappa shape index (κ2) is 6.97. The van der Waals surface area contributed by atoms with Gasteiger partial charge in [-0.1, -0.05) is 12.1 Å². The number of hydrogen-bond acceptors (Lipinski definition) is 4. The van der Waals surface area contributed by atoms with Gasteiger partial charge in [-0.15, -0.1) is 0 Å². The Morgan fingerprint density at radius 2 is 1.70 bits per heavy atom. The van der Waals surface area contributed by atoms with Crippen LogP contribution in [-0.4, -0.2) is 58.0 Å². The van der Waals surface area contributed by atoms with E-state index in [9.17, 15) is 4.79 Å². The van der Waals surface area contributed by atoms with E-state index in [1.807, 2.05) is 28.8 Å². The van der Waals surface area contributed by atoms with Crippen molar-refractivity contribution in [1.29, 1.82) is 5.41 Å². The fourth-order valence-electron chi connectivity index (χ4n) is 3.02. The predicted molar refractivity (Wildman–Crippen MR) is 85.3 cm³/mol. The SMILES string of the molecule is N=c1n(CCC(=O)O)c2ccccc2n1CCN1CCOCC1. The summed E-state index contributed by atoms with van der Waals surface area (Å²) in [5.41, 5.74) is 2.26. The average molecular weight is 318 g/mol. The second-order valence-electron chi connectivity index (χ2n) is 5.71. The summed E-state index contributed by atoms with van der Waals surface area (Å²) in [5.74, 6) is -0.845. The molecule has 1 aliphatic rings. The number of rotatable bonds is 6. The summed E-state index contributed by atoms with van der Waals surface area (Å²) in [4.78, 5) is 13.2. The summed E-state index contributed by atoms with van der Waals surface area (Å²) in [6.45, 7) is 5.28. The highest BCUT2D eigenvalue weighted by atomic mass is 16.5. The maximum atomic E-state index is 10.9. The maximum Gasteiger partial charge on any atom is 0.305 e. The molecule has 2 heterocycles. The number of nitrogens with zero attached hydrogens (tertiary/aromatic N) is 3. The first-order valence-electron chi connectivity index (χ1n) is 7.91. The Labute approximate surface area is 134 Å². The fourth-order valence-corrected chi connectivity index (χ4v) is 3.02. The molecule has 0 bridgehead atoms. The van der Waals surface area contributed by atoms with E-state index in [0.29, 0.717) is 12.2 Å². The van der Waals surface area contributed by atoms with Gasteiger partial charge in [0.25, 0.3) is 0 Å². The number of fused-ring (bicyclic) bond motifs is 1. The van der Waals surface area contributed by atoms with Crippen LogP contribution in [0.15, 0.2) is 24.3 Å². The van der Waals surface area contributed by atoms with Crippen molar-refractivity contribution in [3.8, 4) is 0 Å². The molecule has 1 fully saturated rings. The summed E-state index contributed by atoms with van der Waals surface area (Å²) in [6.07, 6.45) is 0.0218. The molecular formula is C16H22N4O3. The Morgan fingerprint density at radius 1 is 1.09 bits per heavy atom. The molecule has 23 heavy (non-hydrogen) atoms. The zero-order valence-electron chi connectivity index (χ0n) is 13.1. The molecule has 0 saturated carbocycles. The third-order valence-electron chi connectivity index (χ3n) is 4.27. The van der Waals surface area contributed by atoms with Gasteiger partial charge in [0.15, 0.2) is 0 Å². The first kappa shape index (κ1) is 15.8. The zero-order valence-corrected chi connectivity index (χ0v) is 13.1. The molecule has 3 rings (SSSR count). The monoisotopic (exact) mass is 318 g/mol. The molecule has 0 radical (unpaired) electrons. The predicted octanol–water partition coefficient (Wildman–Crippen LogP) is 0.729. The summed E-state index contributed by atoms with van der Waals surface area (Å²) in [7, 11) is 0. The molecule has 0 unspecified atom stereocenters. The van der Waals surface area contributed by atoms with E-state index in [0.717, 1.165) is 50.4 Å².